The maximum atomic E-state index is 11.9. The first kappa shape index (κ1) is 16.0. The van der Waals surface area contributed by atoms with E-state index in [1.807, 2.05) is 0 Å². The molecule has 0 aromatic carbocycles. The van der Waals surface area contributed by atoms with E-state index in [0.717, 1.165) is 25.8 Å². The topological polar surface area (TPSA) is 85.4 Å². The third kappa shape index (κ3) is 4.30. The molecule has 1 saturated heterocycles. The van der Waals surface area contributed by atoms with Gasteiger partial charge in [0.1, 0.15) is 5.02 Å². The van der Waals surface area contributed by atoms with Crippen molar-refractivity contribution in [2.45, 2.75) is 25.3 Å². The van der Waals surface area contributed by atoms with Gasteiger partial charge in [-0.3, -0.25) is 14.5 Å². The predicted molar refractivity (Wildman–Crippen MR) is 80.7 cm³/mol. The number of aromatic amines is 1. The fourth-order valence-electron chi connectivity index (χ4n) is 2.56. The Morgan fingerprint density at radius 2 is 2.33 bits per heavy atom. The zero-order valence-corrected chi connectivity index (χ0v) is 12.5. The van der Waals surface area contributed by atoms with E-state index >= 15 is 0 Å². The van der Waals surface area contributed by atoms with Crippen molar-refractivity contribution >= 4 is 17.5 Å². The molecule has 0 spiro atoms. The molecule has 1 aromatic heterocycles. The zero-order valence-electron chi connectivity index (χ0n) is 11.8. The molecule has 1 aromatic rings. The summed E-state index contributed by atoms with van der Waals surface area (Å²) in [7, 11) is 0. The summed E-state index contributed by atoms with van der Waals surface area (Å²) in [5.41, 5.74) is -0.0794. The third-order valence-electron chi connectivity index (χ3n) is 3.76. The number of piperidine rings is 1. The average molecular weight is 314 g/mol. The van der Waals surface area contributed by atoms with E-state index in [4.69, 9.17) is 11.6 Å². The molecule has 1 unspecified atom stereocenters. The van der Waals surface area contributed by atoms with Crippen LogP contribution in [0.25, 0.3) is 0 Å². The normalized spacial score (nSPS) is 19.4. The summed E-state index contributed by atoms with van der Waals surface area (Å²) >= 11 is 5.69. The summed E-state index contributed by atoms with van der Waals surface area (Å²) in [5.74, 6) is -0.272. The van der Waals surface area contributed by atoms with Crippen molar-refractivity contribution in [2.24, 2.45) is 0 Å². The zero-order chi connectivity index (χ0) is 15.2. The van der Waals surface area contributed by atoms with E-state index in [1.54, 1.807) is 0 Å². The van der Waals surface area contributed by atoms with Crippen LogP contribution in [0.3, 0.4) is 0 Å². The largest absolute Gasteiger partial charge is 0.395 e. The Hall–Kier alpha value is -1.37. The van der Waals surface area contributed by atoms with Crippen LogP contribution in [0.1, 0.15) is 29.6 Å². The molecule has 7 heteroatoms. The van der Waals surface area contributed by atoms with Crippen LogP contribution in [0.2, 0.25) is 5.02 Å². The molecule has 116 valence electrons. The van der Waals surface area contributed by atoms with Crippen molar-refractivity contribution in [3.63, 3.8) is 0 Å². The molecule has 2 rings (SSSR count). The smallest absolute Gasteiger partial charge is 0.266 e. The Labute approximate surface area is 128 Å². The standard InChI is InChI=1S/C14H20ClN3O3/c15-12-7-10(8-17-14(12)21)13(20)16-4-6-18-5-2-1-3-11(18)9-19/h7-8,11,19H,1-6,9H2,(H,16,20)(H,17,21). The molecule has 6 nitrogen and oxygen atoms in total. The van der Waals surface area contributed by atoms with E-state index in [1.165, 1.54) is 12.3 Å². The molecule has 1 atom stereocenters. The van der Waals surface area contributed by atoms with Gasteiger partial charge in [-0.25, -0.2) is 0 Å². The average Bonchev–Trinajstić information content (AvgIpc) is 2.50. The van der Waals surface area contributed by atoms with Gasteiger partial charge in [0.25, 0.3) is 11.5 Å². The highest BCUT2D eigenvalue weighted by Crippen LogP contribution is 2.15. The van der Waals surface area contributed by atoms with Crippen molar-refractivity contribution in [1.82, 2.24) is 15.2 Å². The van der Waals surface area contributed by atoms with Crippen LogP contribution in [0.4, 0.5) is 0 Å². The summed E-state index contributed by atoms with van der Waals surface area (Å²) in [6.45, 7) is 2.30. The van der Waals surface area contributed by atoms with E-state index < -0.39 is 5.56 Å². The summed E-state index contributed by atoms with van der Waals surface area (Å²) < 4.78 is 0. The van der Waals surface area contributed by atoms with E-state index in [0.29, 0.717) is 18.7 Å². The summed E-state index contributed by atoms with van der Waals surface area (Å²) in [6.07, 6.45) is 4.62. The van der Waals surface area contributed by atoms with Crippen LogP contribution >= 0.6 is 11.6 Å². The van der Waals surface area contributed by atoms with Crippen LogP contribution < -0.4 is 10.9 Å². The Bertz CT molecular complexity index is 547. The van der Waals surface area contributed by atoms with Gasteiger partial charge in [-0.05, 0) is 25.5 Å². The predicted octanol–water partition coefficient (Wildman–Crippen LogP) is 0.605. The minimum Gasteiger partial charge on any atom is -0.395 e. The number of nitrogens with one attached hydrogen (secondary N) is 2. The number of likely N-dealkylation sites (tertiary alicyclic amines) is 1. The molecule has 0 aliphatic carbocycles. The van der Waals surface area contributed by atoms with Crippen LogP contribution in [-0.2, 0) is 0 Å². The number of aliphatic hydroxyl groups is 1. The number of pyridine rings is 1. The Morgan fingerprint density at radius 1 is 1.52 bits per heavy atom. The molecule has 1 aliphatic heterocycles. The van der Waals surface area contributed by atoms with Gasteiger partial charge in [-0.2, -0.15) is 0 Å². The number of rotatable bonds is 5. The minimum absolute atomic E-state index is 0.000903. The minimum atomic E-state index is -0.410. The Balaban J connectivity index is 1.83. The van der Waals surface area contributed by atoms with Gasteiger partial charge >= 0.3 is 0 Å². The van der Waals surface area contributed by atoms with Gasteiger partial charge in [0.2, 0.25) is 0 Å². The second-order valence-electron chi connectivity index (χ2n) is 5.19. The van der Waals surface area contributed by atoms with E-state index in [-0.39, 0.29) is 23.6 Å². The second-order valence-corrected chi connectivity index (χ2v) is 5.60. The maximum Gasteiger partial charge on any atom is 0.266 e. The molecular weight excluding hydrogens is 294 g/mol. The molecule has 1 amide bonds. The molecule has 3 N–H and O–H groups in total. The third-order valence-corrected chi connectivity index (χ3v) is 4.05. The van der Waals surface area contributed by atoms with Crippen molar-refractivity contribution in [3.05, 3.63) is 33.2 Å². The van der Waals surface area contributed by atoms with Gasteiger partial charge in [0, 0.05) is 25.3 Å². The Kier molecular flexibility index (Phi) is 5.78. The van der Waals surface area contributed by atoms with Crippen molar-refractivity contribution in [2.75, 3.05) is 26.2 Å². The number of aliphatic hydroxyl groups excluding tert-OH is 1. The number of H-pyrrole nitrogens is 1. The van der Waals surface area contributed by atoms with Crippen LogP contribution in [0, 0.1) is 0 Å². The van der Waals surface area contributed by atoms with E-state index in [2.05, 4.69) is 15.2 Å². The lowest BCUT2D eigenvalue weighted by Crippen LogP contribution is -2.45. The highest BCUT2D eigenvalue weighted by atomic mass is 35.5. The van der Waals surface area contributed by atoms with Gasteiger partial charge in [-0.1, -0.05) is 18.0 Å². The number of hydrogen-bond acceptors (Lipinski definition) is 4. The second kappa shape index (κ2) is 7.59. The maximum absolute atomic E-state index is 11.9. The Morgan fingerprint density at radius 3 is 3.05 bits per heavy atom. The fraction of sp³-hybridized carbons (Fsp3) is 0.571. The molecular formula is C14H20ClN3O3. The number of amides is 1. The van der Waals surface area contributed by atoms with Crippen molar-refractivity contribution < 1.29 is 9.90 Å². The summed E-state index contributed by atoms with van der Waals surface area (Å²) in [4.78, 5) is 27.7. The number of hydrogen-bond donors (Lipinski definition) is 3. The molecule has 2 heterocycles. The fourth-order valence-corrected chi connectivity index (χ4v) is 2.74. The quantitative estimate of drug-likeness (QED) is 0.743. The highest BCUT2D eigenvalue weighted by Gasteiger charge is 2.21. The lowest BCUT2D eigenvalue weighted by atomic mass is 10.0. The van der Waals surface area contributed by atoms with Crippen LogP contribution in [0.15, 0.2) is 17.1 Å². The number of carbonyl (C=O) groups excluding carboxylic acids is 1. The van der Waals surface area contributed by atoms with Crippen molar-refractivity contribution in [1.29, 1.82) is 0 Å². The molecule has 21 heavy (non-hydrogen) atoms. The monoisotopic (exact) mass is 313 g/mol. The van der Waals surface area contributed by atoms with Gasteiger partial charge in [0.05, 0.1) is 12.2 Å². The van der Waals surface area contributed by atoms with Crippen LogP contribution in [-0.4, -0.2) is 53.2 Å². The van der Waals surface area contributed by atoms with Crippen molar-refractivity contribution in [3.8, 4) is 0 Å². The molecule has 1 aliphatic rings. The van der Waals surface area contributed by atoms with E-state index in [9.17, 15) is 14.7 Å². The molecule has 0 saturated carbocycles. The lowest BCUT2D eigenvalue weighted by molar-refractivity contribution is 0.0849. The summed E-state index contributed by atoms with van der Waals surface area (Å²) in [6, 6.07) is 1.55. The van der Waals surface area contributed by atoms with Crippen LogP contribution in [0.5, 0.6) is 0 Å². The number of halogens is 1. The highest BCUT2D eigenvalue weighted by molar-refractivity contribution is 6.30. The number of aromatic nitrogens is 1. The molecule has 1 fully saturated rings. The first-order valence-corrected chi connectivity index (χ1v) is 7.51. The first-order chi connectivity index (χ1) is 10.1. The molecule has 0 radical (unpaired) electrons. The van der Waals surface area contributed by atoms with Gasteiger partial charge in [0.15, 0.2) is 0 Å². The first-order valence-electron chi connectivity index (χ1n) is 7.13. The van der Waals surface area contributed by atoms with Gasteiger partial charge < -0.3 is 15.4 Å². The SMILES string of the molecule is O=C(NCCN1CCCCC1CO)c1c[nH]c(=O)c(Cl)c1. The van der Waals surface area contributed by atoms with Gasteiger partial charge in [-0.15, -0.1) is 0 Å². The summed E-state index contributed by atoms with van der Waals surface area (Å²) in [5, 5.41) is 12.1. The lowest BCUT2D eigenvalue weighted by Gasteiger charge is -2.34. The number of nitrogens with zero attached hydrogens (tertiary/aromatic N) is 1. The number of carbonyl (C=O) groups is 1. The molecule has 0 bridgehead atoms.